The van der Waals surface area contributed by atoms with E-state index in [4.69, 9.17) is 0 Å². The summed E-state index contributed by atoms with van der Waals surface area (Å²) in [5.41, 5.74) is 0. The summed E-state index contributed by atoms with van der Waals surface area (Å²) in [6.07, 6.45) is 1.39. The molecule has 0 aromatic carbocycles. The van der Waals surface area contributed by atoms with Gasteiger partial charge in [0.05, 0.1) is 0 Å². The van der Waals surface area contributed by atoms with Crippen LogP contribution < -0.4 is 0 Å². The maximum Gasteiger partial charge on any atom is 0.00670 e. The van der Waals surface area contributed by atoms with Crippen LogP contribution in [0.3, 0.4) is 0 Å². The molecule has 1 fully saturated rings. The summed E-state index contributed by atoms with van der Waals surface area (Å²) in [5.74, 6) is 0.926. The van der Waals surface area contributed by atoms with E-state index in [9.17, 15) is 0 Å². The van der Waals surface area contributed by atoms with Gasteiger partial charge in [0, 0.05) is 12.6 Å². The second kappa shape index (κ2) is 24.3. The molecule has 16 heavy (non-hydrogen) atoms. The van der Waals surface area contributed by atoms with Crippen LogP contribution in [0.5, 0.6) is 0 Å². The maximum atomic E-state index is 2.42. The van der Waals surface area contributed by atoms with Gasteiger partial charge in [0.25, 0.3) is 0 Å². The van der Waals surface area contributed by atoms with Crippen molar-refractivity contribution in [2.24, 2.45) is 5.92 Å². The Balaban J connectivity index is -0.0000000771. The van der Waals surface area contributed by atoms with Crippen molar-refractivity contribution >= 4 is 0 Å². The molecule has 0 aliphatic carbocycles. The Kier molecular flexibility index (Phi) is 37.9. The zero-order valence-corrected chi connectivity index (χ0v) is 14.0. The van der Waals surface area contributed by atoms with Gasteiger partial charge < -0.3 is 4.90 Å². The van der Waals surface area contributed by atoms with Crippen molar-refractivity contribution in [3.63, 3.8) is 0 Å². The molecule has 2 unspecified atom stereocenters. The Bertz CT molecular complexity index is 71.5. The molecular formula is C15H39N. The molecule has 0 aromatic rings. The highest BCUT2D eigenvalue weighted by Crippen LogP contribution is 2.19. The fourth-order valence-corrected chi connectivity index (χ4v) is 1.51. The van der Waals surface area contributed by atoms with Gasteiger partial charge in [0.1, 0.15) is 0 Å². The molecule has 0 spiro atoms. The van der Waals surface area contributed by atoms with Gasteiger partial charge in [-0.15, -0.1) is 0 Å². The summed E-state index contributed by atoms with van der Waals surface area (Å²) in [4.78, 5) is 2.42. The average Bonchev–Trinajstić information content (AvgIpc) is 2.67. The van der Waals surface area contributed by atoms with Crippen LogP contribution in [-0.2, 0) is 0 Å². The standard InChI is InChI=1S/C7H15N.4C2H6/c1-6-4-7(2)8(3)5-6;4*1-2/h6-7H,4-5H2,1-3H3;4*1-2H3. The Hall–Kier alpha value is -0.0400. The number of rotatable bonds is 0. The first-order chi connectivity index (χ1) is 7.70. The van der Waals surface area contributed by atoms with E-state index in [1.54, 1.807) is 0 Å². The van der Waals surface area contributed by atoms with E-state index in [-0.39, 0.29) is 0 Å². The second-order valence-corrected chi connectivity index (χ2v) is 3.13. The van der Waals surface area contributed by atoms with Crippen molar-refractivity contribution in [2.45, 2.75) is 81.7 Å². The van der Waals surface area contributed by atoms with Gasteiger partial charge in [-0.25, -0.2) is 0 Å². The summed E-state index contributed by atoms with van der Waals surface area (Å²) in [6, 6.07) is 0.824. The van der Waals surface area contributed by atoms with Gasteiger partial charge in [-0.2, -0.15) is 0 Å². The van der Waals surface area contributed by atoms with Gasteiger partial charge in [-0.1, -0.05) is 62.3 Å². The fraction of sp³-hybridized carbons (Fsp3) is 1.00. The lowest BCUT2D eigenvalue weighted by atomic mass is 10.1. The van der Waals surface area contributed by atoms with Gasteiger partial charge in [-0.05, 0) is 26.3 Å². The van der Waals surface area contributed by atoms with Crippen LogP contribution in [0.25, 0.3) is 0 Å². The normalized spacial score (nSPS) is 21.9. The van der Waals surface area contributed by atoms with Crippen molar-refractivity contribution in [1.29, 1.82) is 0 Å². The molecule has 1 aliphatic heterocycles. The molecule has 0 amide bonds. The predicted molar refractivity (Wildman–Crippen MR) is 81.3 cm³/mol. The van der Waals surface area contributed by atoms with E-state index < -0.39 is 0 Å². The quantitative estimate of drug-likeness (QED) is 0.537. The van der Waals surface area contributed by atoms with Crippen LogP contribution in [-0.4, -0.2) is 24.5 Å². The predicted octanol–water partition coefficient (Wildman–Crippen LogP) is 5.45. The van der Waals surface area contributed by atoms with Crippen molar-refractivity contribution < 1.29 is 0 Å². The highest BCUT2D eigenvalue weighted by molar-refractivity contribution is 4.76. The maximum absolute atomic E-state index is 2.42. The first-order valence-electron chi connectivity index (χ1n) is 7.40. The molecule has 1 heteroatoms. The smallest absolute Gasteiger partial charge is 0.00670 e. The summed E-state index contributed by atoms with van der Waals surface area (Å²) in [6.45, 7) is 21.9. The largest absolute Gasteiger partial charge is 0.303 e. The molecule has 1 aliphatic rings. The average molecular weight is 233 g/mol. The summed E-state index contributed by atoms with van der Waals surface area (Å²) >= 11 is 0. The zero-order valence-electron chi connectivity index (χ0n) is 14.0. The van der Waals surface area contributed by atoms with Crippen molar-refractivity contribution in [1.82, 2.24) is 4.90 Å². The number of nitrogens with zero attached hydrogens (tertiary/aromatic N) is 1. The molecule has 0 bridgehead atoms. The first-order valence-corrected chi connectivity index (χ1v) is 7.40. The zero-order chi connectivity index (χ0) is 14.1. The molecule has 104 valence electrons. The molecular weight excluding hydrogens is 194 g/mol. The molecule has 1 rings (SSSR count). The van der Waals surface area contributed by atoms with Crippen LogP contribution in [0.15, 0.2) is 0 Å². The van der Waals surface area contributed by atoms with E-state index in [2.05, 4.69) is 25.8 Å². The molecule has 1 heterocycles. The molecule has 1 saturated heterocycles. The Morgan fingerprint density at radius 2 is 1.06 bits per heavy atom. The second-order valence-electron chi connectivity index (χ2n) is 3.13. The monoisotopic (exact) mass is 233 g/mol. The topological polar surface area (TPSA) is 3.24 Å². The lowest BCUT2D eigenvalue weighted by molar-refractivity contribution is 0.327. The third kappa shape index (κ3) is 16.4. The molecule has 1 nitrogen and oxygen atoms in total. The van der Waals surface area contributed by atoms with Crippen molar-refractivity contribution in [2.75, 3.05) is 13.6 Å². The third-order valence-electron chi connectivity index (χ3n) is 2.10. The Labute approximate surface area is 107 Å². The highest BCUT2D eigenvalue weighted by atomic mass is 15.1. The molecule has 2 atom stereocenters. The number of likely N-dealkylation sites (tertiary alicyclic amines) is 1. The van der Waals surface area contributed by atoms with Gasteiger partial charge in [-0.3, -0.25) is 0 Å². The van der Waals surface area contributed by atoms with Gasteiger partial charge in [0.2, 0.25) is 0 Å². The highest BCUT2D eigenvalue weighted by Gasteiger charge is 2.21. The van der Waals surface area contributed by atoms with Crippen LogP contribution in [0, 0.1) is 5.92 Å². The molecule has 0 N–H and O–H groups in total. The summed E-state index contributed by atoms with van der Waals surface area (Å²) in [5, 5.41) is 0. The van der Waals surface area contributed by atoms with Gasteiger partial charge >= 0.3 is 0 Å². The minimum absolute atomic E-state index is 0.824. The Morgan fingerprint density at radius 3 is 1.12 bits per heavy atom. The van der Waals surface area contributed by atoms with Crippen molar-refractivity contribution in [3.05, 3.63) is 0 Å². The van der Waals surface area contributed by atoms with E-state index in [1.165, 1.54) is 13.0 Å². The van der Waals surface area contributed by atoms with Crippen LogP contribution in [0.1, 0.15) is 75.7 Å². The minimum Gasteiger partial charge on any atom is -0.303 e. The fourth-order valence-electron chi connectivity index (χ4n) is 1.51. The van der Waals surface area contributed by atoms with Crippen molar-refractivity contribution in [3.8, 4) is 0 Å². The Morgan fingerprint density at radius 1 is 0.750 bits per heavy atom. The van der Waals surface area contributed by atoms with Crippen LogP contribution in [0.4, 0.5) is 0 Å². The number of hydrogen-bond donors (Lipinski definition) is 0. The molecule has 0 radical (unpaired) electrons. The van der Waals surface area contributed by atoms with Crippen LogP contribution >= 0.6 is 0 Å². The van der Waals surface area contributed by atoms with Crippen LogP contribution in [0.2, 0.25) is 0 Å². The minimum atomic E-state index is 0.824. The third-order valence-corrected chi connectivity index (χ3v) is 2.10. The first kappa shape index (κ1) is 25.0. The molecule has 0 aromatic heterocycles. The lowest BCUT2D eigenvalue weighted by Gasteiger charge is -2.12. The van der Waals surface area contributed by atoms with E-state index in [0.29, 0.717) is 0 Å². The van der Waals surface area contributed by atoms with E-state index >= 15 is 0 Å². The SMILES string of the molecule is CC.CC.CC.CC.CC1CC(C)N(C)C1. The van der Waals surface area contributed by atoms with E-state index in [1.807, 2.05) is 55.4 Å². The molecule has 0 saturated carbocycles. The van der Waals surface area contributed by atoms with E-state index in [0.717, 1.165) is 12.0 Å². The lowest BCUT2D eigenvalue weighted by Crippen LogP contribution is -2.21. The summed E-state index contributed by atoms with van der Waals surface area (Å²) < 4.78 is 0. The number of hydrogen-bond acceptors (Lipinski definition) is 1. The van der Waals surface area contributed by atoms with Gasteiger partial charge in [0.15, 0.2) is 0 Å². The summed E-state index contributed by atoms with van der Waals surface area (Å²) in [7, 11) is 2.20.